The summed E-state index contributed by atoms with van der Waals surface area (Å²) in [7, 11) is 0. The molecule has 0 aliphatic carbocycles. The molecule has 0 saturated heterocycles. The second-order valence-electron chi connectivity index (χ2n) is 5.33. The molecule has 23 heavy (non-hydrogen) atoms. The molecule has 3 nitrogen and oxygen atoms in total. The maximum absolute atomic E-state index is 4.83. The average Bonchev–Trinajstić information content (AvgIpc) is 3.14. The monoisotopic (exact) mass is 317 g/mol. The first-order chi connectivity index (χ1) is 11.4. The van der Waals surface area contributed by atoms with Crippen LogP contribution in [0.25, 0.3) is 11.4 Å². The lowest BCUT2D eigenvalue weighted by Gasteiger charge is -2.06. The summed E-state index contributed by atoms with van der Waals surface area (Å²) in [6.07, 6.45) is 3.80. The zero-order valence-electron chi connectivity index (χ0n) is 12.5. The molecule has 0 amide bonds. The van der Waals surface area contributed by atoms with Gasteiger partial charge in [-0.25, -0.2) is 9.97 Å². The molecule has 4 rings (SSSR count). The molecule has 0 bridgehead atoms. The summed E-state index contributed by atoms with van der Waals surface area (Å²) in [5.41, 5.74) is 3.29. The van der Waals surface area contributed by atoms with E-state index in [2.05, 4.69) is 22.1 Å². The van der Waals surface area contributed by atoms with Crippen molar-refractivity contribution in [1.82, 2.24) is 9.97 Å². The fraction of sp³-hybridized carbons (Fsp3) is 0.105. The van der Waals surface area contributed by atoms with Gasteiger partial charge in [0, 0.05) is 34.8 Å². The number of rotatable bonds is 3. The molecule has 2 aromatic carbocycles. The lowest BCUT2D eigenvalue weighted by Crippen LogP contribution is -1.98. The first-order valence-corrected chi connectivity index (χ1v) is 8.52. The highest BCUT2D eigenvalue weighted by Gasteiger charge is 2.21. The molecule has 0 saturated carbocycles. The summed E-state index contributed by atoms with van der Waals surface area (Å²) >= 11 is 1.79. The standard InChI is InChI=1S/C19H15N3S/c1-3-7-14(8-4-1)18-20-11-16(12-21-18)17-13-23-19(22-17)15-9-5-2-6-10-15/h1-12,17H,13H2. The Kier molecular flexibility index (Phi) is 3.90. The van der Waals surface area contributed by atoms with Gasteiger partial charge in [0.2, 0.25) is 0 Å². The zero-order valence-corrected chi connectivity index (χ0v) is 13.3. The number of thioether (sulfide) groups is 1. The van der Waals surface area contributed by atoms with Crippen LogP contribution < -0.4 is 0 Å². The number of hydrogen-bond acceptors (Lipinski definition) is 4. The quantitative estimate of drug-likeness (QED) is 0.719. The number of aromatic nitrogens is 2. The van der Waals surface area contributed by atoms with Crippen molar-refractivity contribution < 1.29 is 0 Å². The average molecular weight is 317 g/mol. The summed E-state index contributed by atoms with van der Waals surface area (Å²) < 4.78 is 0. The van der Waals surface area contributed by atoms with Gasteiger partial charge in [-0.2, -0.15) is 0 Å². The highest BCUT2D eigenvalue weighted by molar-refractivity contribution is 8.14. The van der Waals surface area contributed by atoms with Gasteiger partial charge in [0.25, 0.3) is 0 Å². The topological polar surface area (TPSA) is 38.1 Å². The molecule has 2 heterocycles. The van der Waals surface area contributed by atoms with Gasteiger partial charge in [-0.1, -0.05) is 60.7 Å². The van der Waals surface area contributed by atoms with E-state index in [1.165, 1.54) is 5.56 Å². The predicted molar refractivity (Wildman–Crippen MR) is 95.6 cm³/mol. The Morgan fingerprint density at radius 1 is 0.783 bits per heavy atom. The van der Waals surface area contributed by atoms with Crippen molar-refractivity contribution in [3.8, 4) is 11.4 Å². The predicted octanol–water partition coefficient (Wildman–Crippen LogP) is 4.38. The zero-order chi connectivity index (χ0) is 15.5. The third-order valence-electron chi connectivity index (χ3n) is 3.76. The molecular formula is C19H15N3S. The summed E-state index contributed by atoms with van der Waals surface area (Å²) in [6.45, 7) is 0. The molecule has 0 N–H and O–H groups in total. The van der Waals surface area contributed by atoms with Crippen LogP contribution >= 0.6 is 11.8 Å². The summed E-state index contributed by atoms with van der Waals surface area (Å²) in [4.78, 5) is 13.8. The molecule has 4 heteroatoms. The van der Waals surface area contributed by atoms with E-state index in [0.717, 1.165) is 27.7 Å². The Balaban J connectivity index is 1.57. The van der Waals surface area contributed by atoms with E-state index in [-0.39, 0.29) is 6.04 Å². The van der Waals surface area contributed by atoms with Gasteiger partial charge in [-0.3, -0.25) is 4.99 Å². The van der Waals surface area contributed by atoms with Crippen molar-refractivity contribution in [2.45, 2.75) is 6.04 Å². The van der Waals surface area contributed by atoms with Crippen molar-refractivity contribution in [2.75, 3.05) is 5.75 Å². The van der Waals surface area contributed by atoms with Gasteiger partial charge < -0.3 is 0 Å². The molecule has 0 radical (unpaired) electrons. The second kappa shape index (κ2) is 6.34. The molecule has 112 valence electrons. The van der Waals surface area contributed by atoms with Crippen LogP contribution in [0.4, 0.5) is 0 Å². The first kappa shape index (κ1) is 14.2. The van der Waals surface area contributed by atoms with Crippen LogP contribution in [0.5, 0.6) is 0 Å². The maximum atomic E-state index is 4.83. The van der Waals surface area contributed by atoms with E-state index < -0.39 is 0 Å². The van der Waals surface area contributed by atoms with Gasteiger partial charge in [0.15, 0.2) is 5.82 Å². The number of aliphatic imine (C=N–C) groups is 1. The summed E-state index contributed by atoms with van der Waals surface area (Å²) in [5.74, 6) is 1.70. The van der Waals surface area contributed by atoms with Crippen LogP contribution in [0.3, 0.4) is 0 Å². The lowest BCUT2D eigenvalue weighted by molar-refractivity contribution is 0.832. The van der Waals surface area contributed by atoms with Crippen molar-refractivity contribution >= 4 is 16.8 Å². The Labute approximate surface area is 139 Å². The van der Waals surface area contributed by atoms with E-state index in [1.807, 2.05) is 60.9 Å². The second-order valence-corrected chi connectivity index (χ2v) is 6.34. The van der Waals surface area contributed by atoms with Crippen LogP contribution in [-0.2, 0) is 0 Å². The van der Waals surface area contributed by atoms with E-state index in [1.54, 1.807) is 11.8 Å². The van der Waals surface area contributed by atoms with Gasteiger partial charge in [0.05, 0.1) is 11.1 Å². The Morgan fingerprint density at radius 3 is 2.04 bits per heavy atom. The highest BCUT2D eigenvalue weighted by Crippen LogP contribution is 2.32. The Hall–Kier alpha value is -2.46. The van der Waals surface area contributed by atoms with Crippen molar-refractivity contribution in [3.63, 3.8) is 0 Å². The third-order valence-corrected chi connectivity index (χ3v) is 4.86. The highest BCUT2D eigenvalue weighted by atomic mass is 32.2. The van der Waals surface area contributed by atoms with Gasteiger partial charge >= 0.3 is 0 Å². The molecule has 1 aliphatic heterocycles. The van der Waals surface area contributed by atoms with E-state index in [4.69, 9.17) is 4.99 Å². The summed E-state index contributed by atoms with van der Waals surface area (Å²) in [6, 6.07) is 20.5. The molecule has 0 spiro atoms. The Bertz CT molecular complexity index is 814. The van der Waals surface area contributed by atoms with E-state index in [9.17, 15) is 0 Å². The third kappa shape index (κ3) is 3.03. The minimum atomic E-state index is 0.139. The van der Waals surface area contributed by atoms with E-state index in [0.29, 0.717) is 0 Å². The normalized spacial score (nSPS) is 17.0. The Morgan fingerprint density at radius 2 is 1.39 bits per heavy atom. The van der Waals surface area contributed by atoms with Crippen molar-refractivity contribution in [3.05, 3.63) is 84.2 Å². The number of nitrogens with zero attached hydrogens (tertiary/aromatic N) is 3. The molecule has 1 aromatic heterocycles. The SMILES string of the molecule is c1ccc(C2=NC(c3cnc(-c4ccccc4)nc3)CS2)cc1. The largest absolute Gasteiger partial charge is 0.269 e. The minimum absolute atomic E-state index is 0.139. The van der Waals surface area contributed by atoms with Crippen LogP contribution in [0.2, 0.25) is 0 Å². The summed E-state index contributed by atoms with van der Waals surface area (Å²) in [5, 5.41) is 1.10. The minimum Gasteiger partial charge on any atom is -0.269 e. The molecule has 1 atom stereocenters. The van der Waals surface area contributed by atoms with Crippen molar-refractivity contribution in [2.24, 2.45) is 4.99 Å². The van der Waals surface area contributed by atoms with Crippen molar-refractivity contribution in [1.29, 1.82) is 0 Å². The fourth-order valence-electron chi connectivity index (χ4n) is 2.53. The lowest BCUT2D eigenvalue weighted by atomic mass is 10.1. The van der Waals surface area contributed by atoms with Crippen LogP contribution in [-0.4, -0.2) is 20.8 Å². The van der Waals surface area contributed by atoms with Gasteiger partial charge in [-0.15, -0.1) is 11.8 Å². The maximum Gasteiger partial charge on any atom is 0.159 e. The molecular weight excluding hydrogens is 302 g/mol. The fourth-order valence-corrected chi connectivity index (χ4v) is 3.62. The molecule has 0 fully saturated rings. The van der Waals surface area contributed by atoms with E-state index >= 15 is 0 Å². The molecule has 1 unspecified atom stereocenters. The molecule has 1 aliphatic rings. The smallest absolute Gasteiger partial charge is 0.159 e. The first-order valence-electron chi connectivity index (χ1n) is 7.53. The van der Waals surface area contributed by atoms with Gasteiger partial charge in [0.1, 0.15) is 0 Å². The number of hydrogen-bond donors (Lipinski definition) is 0. The number of benzene rings is 2. The van der Waals surface area contributed by atoms with Crippen LogP contribution in [0.15, 0.2) is 78.0 Å². The van der Waals surface area contributed by atoms with Crippen LogP contribution in [0.1, 0.15) is 17.2 Å². The van der Waals surface area contributed by atoms with Gasteiger partial charge in [-0.05, 0) is 0 Å². The molecule has 3 aromatic rings. The van der Waals surface area contributed by atoms with Crippen LogP contribution in [0, 0.1) is 0 Å².